The Labute approximate surface area is 200 Å². The first-order valence-electron chi connectivity index (χ1n) is 8.32. The number of anilines is 2. The van der Waals surface area contributed by atoms with E-state index in [9.17, 15) is 29.1 Å². The summed E-state index contributed by atoms with van der Waals surface area (Å²) in [7, 11) is 0. The minimum Gasteiger partial charge on any atom is -0.478 e. The number of piperidine rings is 2. The van der Waals surface area contributed by atoms with Gasteiger partial charge in [-0.15, -0.1) is 0 Å². The van der Waals surface area contributed by atoms with E-state index in [1.54, 1.807) is 45.2 Å². The standard InChI is InChI=1S/C17H13I3N2O6/c18-12-11(17(27)28)13(19)16(22-9(25)5-2-6-10(22)26)14(20)15(12)21-7(23)3-1-4-8(21)24/h1-6H2,(H,27,28). The van der Waals surface area contributed by atoms with E-state index in [0.717, 1.165) is 9.80 Å². The van der Waals surface area contributed by atoms with E-state index in [1.165, 1.54) is 0 Å². The number of aromatic carboxylic acids is 1. The number of carbonyl (C=O) groups is 5. The van der Waals surface area contributed by atoms with Gasteiger partial charge in [-0.2, -0.15) is 0 Å². The monoisotopic (exact) mass is 722 g/mol. The molecule has 2 fully saturated rings. The van der Waals surface area contributed by atoms with Crippen LogP contribution in [-0.2, 0) is 19.2 Å². The molecule has 0 saturated carbocycles. The number of hydrogen-bond acceptors (Lipinski definition) is 5. The number of carbonyl (C=O) groups excluding carboxylic acids is 4. The van der Waals surface area contributed by atoms with Crippen LogP contribution in [0.1, 0.15) is 48.9 Å². The van der Waals surface area contributed by atoms with E-state index in [2.05, 4.69) is 0 Å². The summed E-state index contributed by atoms with van der Waals surface area (Å²) in [6, 6.07) is 0. The quantitative estimate of drug-likeness (QED) is 0.379. The Morgan fingerprint density at radius 2 is 1.00 bits per heavy atom. The minimum atomic E-state index is -1.26. The lowest BCUT2D eigenvalue weighted by atomic mass is 10.0. The number of amides is 4. The molecule has 1 N–H and O–H groups in total. The molecule has 0 bridgehead atoms. The molecule has 148 valence electrons. The van der Waals surface area contributed by atoms with Crippen molar-refractivity contribution < 1.29 is 29.1 Å². The zero-order chi connectivity index (χ0) is 20.7. The van der Waals surface area contributed by atoms with Crippen molar-refractivity contribution in [3.8, 4) is 0 Å². The van der Waals surface area contributed by atoms with Crippen LogP contribution in [0, 0.1) is 10.7 Å². The van der Waals surface area contributed by atoms with Crippen LogP contribution in [0.15, 0.2) is 0 Å². The largest absolute Gasteiger partial charge is 0.478 e. The van der Waals surface area contributed by atoms with Gasteiger partial charge in [0, 0.05) is 25.7 Å². The summed E-state index contributed by atoms with van der Waals surface area (Å²) in [5.41, 5.74) is 0.133. The van der Waals surface area contributed by atoms with Gasteiger partial charge in [0.15, 0.2) is 0 Å². The molecule has 2 aliphatic rings. The summed E-state index contributed by atoms with van der Waals surface area (Å²) in [4.78, 5) is 63.9. The van der Waals surface area contributed by atoms with Crippen molar-refractivity contribution in [2.24, 2.45) is 0 Å². The smallest absolute Gasteiger partial charge is 0.338 e. The predicted molar refractivity (Wildman–Crippen MR) is 124 cm³/mol. The third-order valence-electron chi connectivity index (χ3n) is 4.49. The Morgan fingerprint density at radius 3 is 1.29 bits per heavy atom. The van der Waals surface area contributed by atoms with E-state index >= 15 is 0 Å². The molecule has 8 nitrogen and oxygen atoms in total. The molecule has 2 heterocycles. The number of halogens is 3. The zero-order valence-corrected chi connectivity index (χ0v) is 20.7. The number of nitrogens with zero attached hydrogens (tertiary/aromatic N) is 2. The summed E-state index contributed by atoms with van der Waals surface area (Å²) in [6.07, 6.45) is 1.56. The molecule has 11 heteroatoms. The number of carboxylic acids is 1. The normalized spacial score (nSPS) is 18.1. The fourth-order valence-electron chi connectivity index (χ4n) is 3.22. The maximum absolute atomic E-state index is 12.5. The molecule has 2 aliphatic heterocycles. The van der Waals surface area contributed by atoms with Crippen LogP contribution in [0.25, 0.3) is 0 Å². The first kappa shape index (κ1) is 21.9. The summed E-state index contributed by atoms with van der Waals surface area (Å²) in [5, 5.41) is 9.76. The average molecular weight is 722 g/mol. The van der Waals surface area contributed by atoms with Crippen LogP contribution >= 0.6 is 67.8 Å². The Morgan fingerprint density at radius 1 is 0.679 bits per heavy atom. The van der Waals surface area contributed by atoms with Crippen molar-refractivity contribution in [3.63, 3.8) is 0 Å². The van der Waals surface area contributed by atoms with Crippen molar-refractivity contribution in [2.45, 2.75) is 38.5 Å². The first-order valence-corrected chi connectivity index (χ1v) is 11.6. The van der Waals surface area contributed by atoms with Gasteiger partial charge in [0.25, 0.3) is 0 Å². The number of hydrogen-bond donors (Lipinski definition) is 1. The van der Waals surface area contributed by atoms with Crippen LogP contribution in [0.2, 0.25) is 0 Å². The van der Waals surface area contributed by atoms with Gasteiger partial charge in [-0.3, -0.25) is 19.2 Å². The molecule has 0 unspecified atom stereocenters. The third kappa shape index (κ3) is 3.68. The maximum Gasteiger partial charge on any atom is 0.338 e. The SMILES string of the molecule is O=C(O)c1c(I)c(N2C(=O)CCCC2=O)c(I)c(N2C(=O)CCCC2=O)c1I. The molecule has 0 aromatic heterocycles. The molecule has 3 rings (SSSR count). The van der Waals surface area contributed by atoms with E-state index in [-0.39, 0.29) is 49.8 Å². The van der Waals surface area contributed by atoms with E-state index in [4.69, 9.17) is 0 Å². The van der Waals surface area contributed by atoms with Gasteiger partial charge in [0.2, 0.25) is 23.6 Å². The first-order chi connectivity index (χ1) is 13.2. The third-order valence-corrected chi connectivity index (χ3v) is 7.61. The summed E-state index contributed by atoms with van der Waals surface area (Å²) in [5.74, 6) is -2.96. The van der Waals surface area contributed by atoms with Gasteiger partial charge in [-0.05, 0) is 80.6 Å². The average Bonchev–Trinajstić information content (AvgIpc) is 2.59. The van der Waals surface area contributed by atoms with Crippen LogP contribution in [-0.4, -0.2) is 34.7 Å². The lowest BCUT2D eigenvalue weighted by Crippen LogP contribution is -2.44. The van der Waals surface area contributed by atoms with Crippen molar-refractivity contribution in [3.05, 3.63) is 16.3 Å². The molecule has 4 amide bonds. The van der Waals surface area contributed by atoms with Crippen molar-refractivity contribution in [1.82, 2.24) is 0 Å². The Bertz CT molecular complexity index is 848. The summed E-state index contributed by atoms with van der Waals surface area (Å²) < 4.78 is 0.787. The highest BCUT2D eigenvalue weighted by Crippen LogP contribution is 2.44. The van der Waals surface area contributed by atoms with Crippen LogP contribution < -0.4 is 9.80 Å². The molecular formula is C17H13I3N2O6. The van der Waals surface area contributed by atoms with Crippen molar-refractivity contribution in [1.29, 1.82) is 0 Å². The predicted octanol–water partition coefficient (Wildman–Crippen LogP) is 3.29. The molecule has 0 spiro atoms. The van der Waals surface area contributed by atoms with Crippen molar-refractivity contribution in [2.75, 3.05) is 9.80 Å². The fraction of sp³-hybridized carbons (Fsp3) is 0.353. The lowest BCUT2D eigenvalue weighted by molar-refractivity contribution is -0.130. The summed E-state index contributed by atoms with van der Waals surface area (Å²) >= 11 is 5.49. The second-order valence-corrected chi connectivity index (χ2v) is 9.51. The molecule has 0 aliphatic carbocycles. The fourth-order valence-corrected chi connectivity index (χ4v) is 7.82. The molecular weight excluding hydrogens is 709 g/mol. The highest BCUT2D eigenvalue weighted by Gasteiger charge is 2.39. The van der Waals surface area contributed by atoms with Gasteiger partial charge in [0.1, 0.15) is 0 Å². The molecule has 28 heavy (non-hydrogen) atoms. The second kappa shape index (κ2) is 8.49. The minimum absolute atomic E-state index is 0.134. The van der Waals surface area contributed by atoms with E-state index in [1.807, 2.05) is 22.6 Å². The second-order valence-electron chi connectivity index (χ2n) is 6.27. The summed E-state index contributed by atoms with van der Waals surface area (Å²) in [6.45, 7) is 0. The maximum atomic E-state index is 12.5. The molecule has 1 aromatic rings. The number of carboxylic acid groups (broad SMARTS) is 1. The van der Waals surface area contributed by atoms with Crippen LogP contribution in [0.4, 0.5) is 11.4 Å². The lowest BCUT2D eigenvalue weighted by Gasteiger charge is -2.32. The number of rotatable bonds is 3. The van der Waals surface area contributed by atoms with Gasteiger partial charge >= 0.3 is 5.97 Å². The van der Waals surface area contributed by atoms with Crippen LogP contribution in [0.3, 0.4) is 0 Å². The zero-order valence-electron chi connectivity index (χ0n) is 14.3. The number of imide groups is 2. The van der Waals surface area contributed by atoms with E-state index < -0.39 is 29.6 Å². The van der Waals surface area contributed by atoms with Gasteiger partial charge in [0.05, 0.1) is 27.6 Å². The van der Waals surface area contributed by atoms with Crippen LogP contribution in [0.5, 0.6) is 0 Å². The highest BCUT2D eigenvalue weighted by molar-refractivity contribution is 14.1. The van der Waals surface area contributed by atoms with Gasteiger partial charge < -0.3 is 5.11 Å². The van der Waals surface area contributed by atoms with Crippen molar-refractivity contribution >= 4 is 109 Å². The Hall–Kier alpha value is -0.840. The Balaban J connectivity index is 2.35. The molecule has 0 atom stereocenters. The Kier molecular flexibility index (Phi) is 6.63. The topological polar surface area (TPSA) is 112 Å². The number of benzene rings is 1. The highest BCUT2D eigenvalue weighted by atomic mass is 127. The molecule has 1 aromatic carbocycles. The molecule has 2 saturated heterocycles. The molecule has 0 radical (unpaired) electrons. The van der Waals surface area contributed by atoms with E-state index in [0.29, 0.717) is 16.4 Å². The van der Waals surface area contributed by atoms with Gasteiger partial charge in [-0.25, -0.2) is 14.6 Å². The van der Waals surface area contributed by atoms with Gasteiger partial charge in [-0.1, -0.05) is 0 Å².